The van der Waals surface area contributed by atoms with Crippen molar-refractivity contribution in [3.8, 4) is 11.8 Å². The maximum absolute atomic E-state index is 12.1. The minimum Gasteiger partial charge on any atom is -0.296 e. The van der Waals surface area contributed by atoms with Gasteiger partial charge in [-0.1, -0.05) is 12.1 Å². The van der Waals surface area contributed by atoms with Crippen molar-refractivity contribution in [1.29, 1.82) is 5.26 Å². The van der Waals surface area contributed by atoms with Gasteiger partial charge < -0.3 is 0 Å². The summed E-state index contributed by atoms with van der Waals surface area (Å²) in [6, 6.07) is 9.27. The number of hydrogen-bond acceptors (Lipinski definition) is 2. The molecule has 0 atom stereocenters. The summed E-state index contributed by atoms with van der Waals surface area (Å²) in [5.41, 5.74) is 0.998. The predicted octanol–water partition coefficient (Wildman–Crippen LogP) is 2.09. The number of benzene rings is 1. The Morgan fingerprint density at radius 1 is 1.24 bits per heavy atom. The number of rotatable bonds is 2. The highest BCUT2D eigenvalue weighted by Crippen LogP contribution is 2.12. The van der Waals surface area contributed by atoms with Gasteiger partial charge >= 0.3 is 5.69 Å². The predicted molar refractivity (Wildman–Crippen MR) is 65.1 cm³/mol. The Morgan fingerprint density at radius 3 is 2.53 bits per heavy atom. The van der Waals surface area contributed by atoms with Gasteiger partial charge in [-0.3, -0.25) is 9.13 Å². The minimum absolute atomic E-state index is 0.109. The number of imidazole rings is 1. The lowest BCUT2D eigenvalue weighted by Crippen LogP contribution is -2.24. The molecule has 86 valence electrons. The van der Waals surface area contributed by atoms with E-state index in [0.717, 1.165) is 0 Å². The van der Waals surface area contributed by atoms with E-state index < -0.39 is 0 Å². The van der Waals surface area contributed by atoms with Crippen molar-refractivity contribution in [2.45, 2.75) is 19.9 Å². The molecule has 0 aliphatic rings. The molecule has 0 aliphatic carbocycles. The van der Waals surface area contributed by atoms with Crippen molar-refractivity contribution in [3.63, 3.8) is 0 Å². The van der Waals surface area contributed by atoms with Crippen LogP contribution in [0.3, 0.4) is 0 Å². The molecule has 0 aliphatic heterocycles. The van der Waals surface area contributed by atoms with Crippen LogP contribution in [-0.2, 0) is 0 Å². The van der Waals surface area contributed by atoms with Crippen LogP contribution in [0.25, 0.3) is 5.69 Å². The summed E-state index contributed by atoms with van der Waals surface area (Å²) in [7, 11) is 0. The summed E-state index contributed by atoms with van der Waals surface area (Å²) >= 11 is 0. The molecule has 0 saturated heterocycles. The third kappa shape index (κ3) is 1.87. The molecular weight excluding hydrogens is 214 g/mol. The van der Waals surface area contributed by atoms with E-state index in [4.69, 9.17) is 5.26 Å². The summed E-state index contributed by atoms with van der Waals surface area (Å²) in [5, 5.41) is 9.01. The second-order valence-electron chi connectivity index (χ2n) is 4.08. The lowest BCUT2D eigenvalue weighted by molar-refractivity contribution is 0.574. The second kappa shape index (κ2) is 4.30. The summed E-state index contributed by atoms with van der Waals surface area (Å²) in [4.78, 5) is 12.1. The SMILES string of the molecule is CC(C)n1ccn(-c2ccccc2C#N)c1=O. The lowest BCUT2D eigenvalue weighted by Gasteiger charge is -2.05. The molecule has 0 N–H and O–H groups in total. The van der Waals surface area contributed by atoms with E-state index in [-0.39, 0.29) is 11.7 Å². The maximum Gasteiger partial charge on any atom is 0.332 e. The molecule has 1 aromatic heterocycles. The van der Waals surface area contributed by atoms with E-state index in [2.05, 4.69) is 6.07 Å². The van der Waals surface area contributed by atoms with E-state index in [1.54, 1.807) is 35.2 Å². The molecule has 0 amide bonds. The third-order valence-corrected chi connectivity index (χ3v) is 2.64. The zero-order chi connectivity index (χ0) is 12.4. The number of nitriles is 1. The van der Waals surface area contributed by atoms with Gasteiger partial charge in [0.2, 0.25) is 0 Å². The van der Waals surface area contributed by atoms with Gasteiger partial charge in [0.1, 0.15) is 6.07 Å². The first-order chi connectivity index (χ1) is 8.15. The fourth-order valence-corrected chi connectivity index (χ4v) is 1.75. The van der Waals surface area contributed by atoms with Gasteiger partial charge in [0.25, 0.3) is 0 Å². The average molecular weight is 227 g/mol. The summed E-state index contributed by atoms with van der Waals surface area (Å²) in [6.07, 6.45) is 3.43. The average Bonchev–Trinajstić information content (AvgIpc) is 2.71. The smallest absolute Gasteiger partial charge is 0.296 e. The monoisotopic (exact) mass is 227 g/mol. The van der Waals surface area contributed by atoms with Gasteiger partial charge in [-0.05, 0) is 26.0 Å². The normalized spacial score (nSPS) is 10.5. The molecule has 1 heterocycles. The van der Waals surface area contributed by atoms with Crippen LogP contribution in [0.2, 0.25) is 0 Å². The van der Waals surface area contributed by atoms with Crippen LogP contribution in [0.4, 0.5) is 0 Å². The lowest BCUT2D eigenvalue weighted by atomic mass is 10.2. The van der Waals surface area contributed by atoms with Gasteiger partial charge in [-0.2, -0.15) is 5.26 Å². The number of aromatic nitrogens is 2. The Bertz CT molecular complexity index is 629. The van der Waals surface area contributed by atoms with Crippen LogP contribution < -0.4 is 5.69 Å². The molecule has 0 radical (unpaired) electrons. The molecule has 0 fully saturated rings. The Morgan fingerprint density at radius 2 is 1.94 bits per heavy atom. The highest BCUT2D eigenvalue weighted by Gasteiger charge is 2.10. The zero-order valence-corrected chi connectivity index (χ0v) is 9.79. The molecule has 4 nitrogen and oxygen atoms in total. The molecule has 2 aromatic rings. The molecule has 0 spiro atoms. The zero-order valence-electron chi connectivity index (χ0n) is 9.79. The summed E-state index contributed by atoms with van der Waals surface area (Å²) in [6.45, 7) is 3.89. The van der Waals surface area contributed by atoms with Crippen LogP contribution in [0.15, 0.2) is 41.5 Å². The first kappa shape index (κ1) is 11.2. The van der Waals surface area contributed by atoms with Gasteiger partial charge in [-0.25, -0.2) is 4.79 Å². The van der Waals surface area contributed by atoms with Crippen LogP contribution in [0.1, 0.15) is 25.5 Å². The van der Waals surface area contributed by atoms with Crippen molar-refractivity contribution in [1.82, 2.24) is 9.13 Å². The molecule has 2 rings (SSSR count). The first-order valence-corrected chi connectivity index (χ1v) is 5.44. The second-order valence-corrected chi connectivity index (χ2v) is 4.08. The Labute approximate surface area is 99.4 Å². The highest BCUT2D eigenvalue weighted by atomic mass is 16.1. The quantitative estimate of drug-likeness (QED) is 0.788. The fraction of sp³-hybridized carbons (Fsp3) is 0.231. The molecule has 0 bridgehead atoms. The van der Waals surface area contributed by atoms with Crippen LogP contribution in [0, 0.1) is 11.3 Å². The van der Waals surface area contributed by atoms with Gasteiger partial charge in [0, 0.05) is 18.4 Å². The number of hydrogen-bond donors (Lipinski definition) is 0. The van der Waals surface area contributed by atoms with Crippen molar-refractivity contribution >= 4 is 0 Å². The van der Waals surface area contributed by atoms with E-state index in [1.807, 2.05) is 19.9 Å². The minimum atomic E-state index is -0.122. The largest absolute Gasteiger partial charge is 0.332 e. The molecule has 17 heavy (non-hydrogen) atoms. The van der Waals surface area contributed by atoms with Crippen LogP contribution >= 0.6 is 0 Å². The van der Waals surface area contributed by atoms with Gasteiger partial charge in [0.05, 0.1) is 11.3 Å². The fourth-order valence-electron chi connectivity index (χ4n) is 1.75. The molecule has 4 heteroatoms. The van der Waals surface area contributed by atoms with E-state index in [1.165, 1.54) is 4.57 Å². The van der Waals surface area contributed by atoms with E-state index in [0.29, 0.717) is 11.3 Å². The third-order valence-electron chi connectivity index (χ3n) is 2.64. The first-order valence-electron chi connectivity index (χ1n) is 5.44. The van der Waals surface area contributed by atoms with Crippen molar-refractivity contribution in [3.05, 3.63) is 52.7 Å². The summed E-state index contributed by atoms with van der Waals surface area (Å²) in [5.74, 6) is 0. The maximum atomic E-state index is 12.1. The molecule has 0 unspecified atom stereocenters. The number of nitrogens with zero attached hydrogens (tertiary/aromatic N) is 3. The van der Waals surface area contributed by atoms with E-state index >= 15 is 0 Å². The van der Waals surface area contributed by atoms with E-state index in [9.17, 15) is 4.79 Å². The van der Waals surface area contributed by atoms with Crippen molar-refractivity contribution in [2.75, 3.05) is 0 Å². The van der Waals surface area contributed by atoms with Gasteiger partial charge in [-0.15, -0.1) is 0 Å². The van der Waals surface area contributed by atoms with Crippen molar-refractivity contribution < 1.29 is 0 Å². The standard InChI is InChI=1S/C13H13N3O/c1-10(2)15-7-8-16(13(15)17)12-6-4-3-5-11(12)9-14/h3-8,10H,1-2H3. The van der Waals surface area contributed by atoms with Gasteiger partial charge in [0.15, 0.2) is 0 Å². The van der Waals surface area contributed by atoms with Crippen LogP contribution in [0.5, 0.6) is 0 Å². The molecule has 1 aromatic carbocycles. The Kier molecular flexibility index (Phi) is 2.84. The number of para-hydroxylation sites is 1. The molecule has 0 saturated carbocycles. The van der Waals surface area contributed by atoms with Crippen LogP contribution in [-0.4, -0.2) is 9.13 Å². The molecular formula is C13H13N3O. The Hall–Kier alpha value is -2.28. The Balaban J connectivity index is 2.63. The topological polar surface area (TPSA) is 50.7 Å². The highest BCUT2D eigenvalue weighted by molar-refractivity contribution is 5.48. The van der Waals surface area contributed by atoms with Crippen molar-refractivity contribution in [2.24, 2.45) is 0 Å². The summed E-state index contributed by atoms with van der Waals surface area (Å²) < 4.78 is 3.13.